The highest BCUT2D eigenvalue weighted by molar-refractivity contribution is 7.19. The van der Waals surface area contributed by atoms with Crippen molar-refractivity contribution in [1.82, 2.24) is 19.8 Å². The van der Waals surface area contributed by atoms with Crippen LogP contribution in [0.1, 0.15) is 0 Å². The number of aromatic nitrogens is 4. The molecular formula is C17H13FN4O2S. The Bertz CT molecular complexity index is 1040. The third-order valence-electron chi connectivity index (χ3n) is 3.72. The molecule has 0 saturated heterocycles. The van der Waals surface area contributed by atoms with Gasteiger partial charge < -0.3 is 9.47 Å². The third-order valence-corrected chi connectivity index (χ3v) is 4.67. The van der Waals surface area contributed by atoms with Crippen LogP contribution < -0.4 is 9.47 Å². The van der Waals surface area contributed by atoms with Gasteiger partial charge in [-0.3, -0.25) is 0 Å². The summed E-state index contributed by atoms with van der Waals surface area (Å²) in [7, 11) is 3.18. The molecular weight excluding hydrogens is 343 g/mol. The Morgan fingerprint density at radius 3 is 2.36 bits per heavy atom. The van der Waals surface area contributed by atoms with Crippen LogP contribution in [0.4, 0.5) is 4.39 Å². The molecule has 0 bridgehead atoms. The number of nitrogens with zero attached hydrogens (tertiary/aromatic N) is 4. The van der Waals surface area contributed by atoms with Crippen LogP contribution in [0.5, 0.6) is 11.5 Å². The second-order valence-corrected chi connectivity index (χ2v) is 6.16. The Hall–Kier alpha value is -3.00. The van der Waals surface area contributed by atoms with Gasteiger partial charge in [0.15, 0.2) is 17.3 Å². The number of methoxy groups -OCH3 is 2. The normalized spacial score (nSPS) is 11.0. The predicted octanol–water partition coefficient (Wildman–Crippen LogP) is 3.68. The molecule has 2 aromatic carbocycles. The first-order chi connectivity index (χ1) is 12.2. The zero-order valence-corrected chi connectivity index (χ0v) is 14.2. The highest BCUT2D eigenvalue weighted by Gasteiger charge is 2.16. The van der Waals surface area contributed by atoms with E-state index in [2.05, 4.69) is 15.3 Å². The van der Waals surface area contributed by atoms with E-state index in [-0.39, 0.29) is 5.82 Å². The summed E-state index contributed by atoms with van der Waals surface area (Å²) in [6.45, 7) is 0. The third kappa shape index (κ3) is 2.70. The molecule has 0 saturated carbocycles. The van der Waals surface area contributed by atoms with Crippen molar-refractivity contribution < 1.29 is 13.9 Å². The molecule has 0 spiro atoms. The Morgan fingerprint density at radius 2 is 1.64 bits per heavy atom. The maximum atomic E-state index is 13.1. The number of benzene rings is 2. The molecule has 25 heavy (non-hydrogen) atoms. The van der Waals surface area contributed by atoms with Gasteiger partial charge in [0.2, 0.25) is 4.96 Å². The second-order valence-electron chi connectivity index (χ2n) is 5.20. The van der Waals surface area contributed by atoms with E-state index in [0.29, 0.717) is 22.3 Å². The molecule has 6 nitrogen and oxygen atoms in total. The smallest absolute Gasteiger partial charge is 0.235 e. The van der Waals surface area contributed by atoms with Crippen LogP contribution in [-0.4, -0.2) is 34.0 Å². The number of hydrogen-bond donors (Lipinski definition) is 0. The van der Waals surface area contributed by atoms with Crippen molar-refractivity contribution in [3.05, 3.63) is 48.3 Å². The minimum Gasteiger partial charge on any atom is -0.493 e. The van der Waals surface area contributed by atoms with Crippen LogP contribution in [0, 0.1) is 5.82 Å². The van der Waals surface area contributed by atoms with E-state index in [1.807, 2.05) is 18.2 Å². The van der Waals surface area contributed by atoms with Gasteiger partial charge in [0, 0.05) is 11.1 Å². The lowest BCUT2D eigenvalue weighted by atomic mass is 10.2. The van der Waals surface area contributed by atoms with Crippen molar-refractivity contribution in [3.63, 3.8) is 0 Å². The first kappa shape index (κ1) is 15.5. The molecule has 0 atom stereocenters. The van der Waals surface area contributed by atoms with Gasteiger partial charge in [-0.2, -0.15) is 9.61 Å². The topological polar surface area (TPSA) is 61.5 Å². The molecule has 4 aromatic rings. The van der Waals surface area contributed by atoms with E-state index in [1.54, 1.807) is 30.9 Å². The summed E-state index contributed by atoms with van der Waals surface area (Å²) < 4.78 is 25.4. The van der Waals surface area contributed by atoms with Gasteiger partial charge >= 0.3 is 0 Å². The SMILES string of the molecule is COc1ccc(-c2nn3c(-c4ccc(F)cc4)nnc3s2)cc1OC. The summed E-state index contributed by atoms with van der Waals surface area (Å²) in [6, 6.07) is 11.7. The van der Waals surface area contributed by atoms with Gasteiger partial charge in [-0.15, -0.1) is 10.2 Å². The Morgan fingerprint density at radius 1 is 0.920 bits per heavy atom. The average molecular weight is 356 g/mol. The molecule has 0 N–H and O–H groups in total. The summed E-state index contributed by atoms with van der Waals surface area (Å²) in [5, 5.41) is 13.7. The maximum Gasteiger partial charge on any atom is 0.235 e. The summed E-state index contributed by atoms with van der Waals surface area (Å²) in [4.78, 5) is 0.657. The monoisotopic (exact) mass is 356 g/mol. The second kappa shape index (κ2) is 6.14. The highest BCUT2D eigenvalue weighted by atomic mass is 32.1. The molecule has 0 aliphatic carbocycles. The molecule has 0 unspecified atom stereocenters. The lowest BCUT2D eigenvalue weighted by molar-refractivity contribution is 0.355. The highest BCUT2D eigenvalue weighted by Crippen LogP contribution is 2.34. The minimum absolute atomic E-state index is 0.297. The van der Waals surface area contributed by atoms with Crippen molar-refractivity contribution in [2.24, 2.45) is 0 Å². The van der Waals surface area contributed by atoms with Gasteiger partial charge in [-0.05, 0) is 42.5 Å². The molecule has 8 heteroatoms. The summed E-state index contributed by atoms with van der Waals surface area (Å²) in [5.74, 6) is 1.55. The Balaban J connectivity index is 1.79. The number of halogens is 1. The van der Waals surface area contributed by atoms with Gasteiger partial charge in [0.25, 0.3) is 0 Å². The number of fused-ring (bicyclic) bond motifs is 1. The van der Waals surface area contributed by atoms with Crippen LogP contribution >= 0.6 is 11.3 Å². The first-order valence-corrected chi connectivity index (χ1v) is 8.22. The van der Waals surface area contributed by atoms with Crippen molar-refractivity contribution in [3.8, 4) is 33.5 Å². The summed E-state index contributed by atoms with van der Waals surface area (Å²) in [5.41, 5.74) is 1.64. The minimum atomic E-state index is -0.297. The molecule has 4 rings (SSSR count). The summed E-state index contributed by atoms with van der Waals surface area (Å²) >= 11 is 1.41. The number of ether oxygens (including phenoxy) is 2. The molecule has 2 aromatic heterocycles. The molecule has 0 radical (unpaired) electrons. The fourth-order valence-corrected chi connectivity index (χ4v) is 3.32. The van der Waals surface area contributed by atoms with E-state index in [4.69, 9.17) is 9.47 Å². The summed E-state index contributed by atoms with van der Waals surface area (Å²) in [6.07, 6.45) is 0. The predicted molar refractivity (Wildman–Crippen MR) is 92.6 cm³/mol. The quantitative estimate of drug-likeness (QED) is 0.558. The van der Waals surface area contributed by atoms with Crippen LogP contribution in [0.15, 0.2) is 42.5 Å². The van der Waals surface area contributed by atoms with Crippen LogP contribution in [0.3, 0.4) is 0 Å². The lowest BCUT2D eigenvalue weighted by Crippen LogP contribution is -1.92. The van der Waals surface area contributed by atoms with Crippen LogP contribution in [0.2, 0.25) is 0 Å². The number of rotatable bonds is 4. The molecule has 0 fully saturated rings. The Labute approximate surface area is 146 Å². The van der Waals surface area contributed by atoms with Crippen molar-refractivity contribution >= 4 is 16.3 Å². The van der Waals surface area contributed by atoms with Crippen molar-refractivity contribution in [2.45, 2.75) is 0 Å². The standard InChI is InChI=1S/C17H13FN4O2S/c1-23-13-8-5-11(9-14(13)24-2)16-21-22-15(19-20-17(22)25-16)10-3-6-12(18)7-4-10/h3-9H,1-2H3. The average Bonchev–Trinajstić information content (AvgIpc) is 3.22. The zero-order valence-electron chi connectivity index (χ0n) is 13.4. The van der Waals surface area contributed by atoms with E-state index in [0.717, 1.165) is 16.1 Å². The van der Waals surface area contributed by atoms with E-state index >= 15 is 0 Å². The maximum absolute atomic E-state index is 13.1. The first-order valence-electron chi connectivity index (χ1n) is 7.40. The van der Waals surface area contributed by atoms with E-state index < -0.39 is 0 Å². The molecule has 0 aliphatic heterocycles. The van der Waals surface area contributed by atoms with E-state index in [9.17, 15) is 4.39 Å². The molecule has 126 valence electrons. The van der Waals surface area contributed by atoms with Gasteiger partial charge in [0.1, 0.15) is 10.8 Å². The van der Waals surface area contributed by atoms with Gasteiger partial charge in [-0.1, -0.05) is 11.3 Å². The van der Waals surface area contributed by atoms with Crippen LogP contribution in [0.25, 0.3) is 26.9 Å². The zero-order chi connectivity index (χ0) is 17.4. The largest absolute Gasteiger partial charge is 0.493 e. The van der Waals surface area contributed by atoms with E-state index in [1.165, 1.54) is 23.5 Å². The molecule has 0 amide bonds. The lowest BCUT2D eigenvalue weighted by Gasteiger charge is -2.07. The Kier molecular flexibility index (Phi) is 3.81. The van der Waals surface area contributed by atoms with Gasteiger partial charge in [0.05, 0.1) is 14.2 Å². The van der Waals surface area contributed by atoms with Gasteiger partial charge in [-0.25, -0.2) is 4.39 Å². The molecule has 0 aliphatic rings. The van der Waals surface area contributed by atoms with Crippen molar-refractivity contribution in [2.75, 3.05) is 14.2 Å². The fourth-order valence-electron chi connectivity index (χ4n) is 2.48. The van der Waals surface area contributed by atoms with Crippen LogP contribution in [-0.2, 0) is 0 Å². The van der Waals surface area contributed by atoms with Crippen molar-refractivity contribution in [1.29, 1.82) is 0 Å². The number of hydrogen-bond acceptors (Lipinski definition) is 6. The fraction of sp³-hybridized carbons (Fsp3) is 0.118. The molecule has 2 heterocycles.